The maximum absolute atomic E-state index is 12.2. The van der Waals surface area contributed by atoms with Crippen molar-refractivity contribution >= 4 is 40.0 Å². The number of aromatic amines is 1. The average molecular weight is 377 g/mol. The summed E-state index contributed by atoms with van der Waals surface area (Å²) in [6.45, 7) is 0.0849. The quantitative estimate of drug-likeness (QED) is 0.727. The fraction of sp³-hybridized carbons (Fsp3) is 0.111. The van der Waals surface area contributed by atoms with E-state index in [9.17, 15) is 9.59 Å². The number of benzene rings is 2. The highest BCUT2D eigenvalue weighted by Crippen LogP contribution is 2.22. The number of fused-ring (bicyclic) bond motifs is 1. The van der Waals surface area contributed by atoms with Gasteiger partial charge in [0.25, 0.3) is 11.5 Å². The molecule has 25 heavy (non-hydrogen) atoms. The van der Waals surface area contributed by atoms with Gasteiger partial charge >= 0.3 is 0 Å². The van der Waals surface area contributed by atoms with E-state index in [-0.39, 0.29) is 18.0 Å². The number of hydrogen-bond acceptors (Lipinski definition) is 3. The summed E-state index contributed by atoms with van der Waals surface area (Å²) in [7, 11) is 1.57. The normalized spacial score (nSPS) is 10.7. The minimum atomic E-state index is -0.344. The van der Waals surface area contributed by atoms with Crippen LogP contribution in [0.3, 0.4) is 0 Å². The van der Waals surface area contributed by atoms with Gasteiger partial charge in [0.05, 0.1) is 17.2 Å². The molecule has 0 bridgehead atoms. The van der Waals surface area contributed by atoms with Gasteiger partial charge in [-0.1, -0.05) is 23.2 Å². The molecule has 0 aliphatic rings. The number of methoxy groups -OCH3 is 1. The molecular formula is C18H14Cl2N2O3. The molecule has 3 aromatic rings. The largest absolute Gasteiger partial charge is 0.497 e. The Labute approximate surface area is 153 Å². The van der Waals surface area contributed by atoms with E-state index < -0.39 is 0 Å². The molecule has 0 saturated carbocycles. The van der Waals surface area contributed by atoms with Crippen LogP contribution in [0.15, 0.2) is 47.3 Å². The van der Waals surface area contributed by atoms with Crippen molar-refractivity contribution in [1.29, 1.82) is 0 Å². The van der Waals surface area contributed by atoms with Gasteiger partial charge in [-0.25, -0.2) is 0 Å². The van der Waals surface area contributed by atoms with Crippen LogP contribution in [0.5, 0.6) is 5.75 Å². The summed E-state index contributed by atoms with van der Waals surface area (Å²) in [4.78, 5) is 27.2. The molecule has 0 aliphatic carbocycles. The fourth-order valence-corrected chi connectivity index (χ4v) is 2.70. The van der Waals surface area contributed by atoms with Crippen LogP contribution in [0.4, 0.5) is 0 Å². The fourth-order valence-electron chi connectivity index (χ4n) is 2.40. The van der Waals surface area contributed by atoms with E-state index in [4.69, 9.17) is 27.9 Å². The first-order valence-corrected chi connectivity index (χ1v) is 8.17. The number of ether oxygens (including phenoxy) is 1. The highest BCUT2D eigenvalue weighted by Gasteiger charge is 2.10. The van der Waals surface area contributed by atoms with E-state index in [0.29, 0.717) is 32.4 Å². The van der Waals surface area contributed by atoms with Crippen molar-refractivity contribution in [2.45, 2.75) is 6.54 Å². The molecule has 0 spiro atoms. The second kappa shape index (κ2) is 7.17. The van der Waals surface area contributed by atoms with Crippen molar-refractivity contribution in [3.8, 4) is 5.75 Å². The summed E-state index contributed by atoms with van der Waals surface area (Å²) < 4.78 is 5.18. The lowest BCUT2D eigenvalue weighted by Crippen LogP contribution is -2.26. The molecule has 3 rings (SSSR count). The Morgan fingerprint density at radius 3 is 2.64 bits per heavy atom. The van der Waals surface area contributed by atoms with Gasteiger partial charge in [-0.2, -0.15) is 0 Å². The van der Waals surface area contributed by atoms with E-state index in [1.165, 1.54) is 6.07 Å². The highest BCUT2D eigenvalue weighted by molar-refractivity contribution is 6.42. The molecule has 0 unspecified atom stereocenters. The zero-order valence-electron chi connectivity index (χ0n) is 13.2. The topological polar surface area (TPSA) is 71.2 Å². The van der Waals surface area contributed by atoms with Crippen molar-refractivity contribution < 1.29 is 9.53 Å². The lowest BCUT2D eigenvalue weighted by atomic mass is 10.1. The number of nitrogens with one attached hydrogen (secondary N) is 2. The van der Waals surface area contributed by atoms with E-state index >= 15 is 0 Å². The summed E-state index contributed by atoms with van der Waals surface area (Å²) in [5.74, 6) is 0.342. The van der Waals surface area contributed by atoms with Gasteiger partial charge < -0.3 is 15.0 Å². The molecular weight excluding hydrogens is 363 g/mol. The summed E-state index contributed by atoms with van der Waals surface area (Å²) in [6, 6.07) is 11.7. The van der Waals surface area contributed by atoms with E-state index in [2.05, 4.69) is 10.3 Å². The van der Waals surface area contributed by atoms with Gasteiger partial charge in [-0.15, -0.1) is 0 Å². The summed E-state index contributed by atoms with van der Waals surface area (Å²) >= 11 is 11.8. The Kier molecular flexibility index (Phi) is 4.97. The molecule has 2 aromatic carbocycles. The molecule has 7 heteroatoms. The van der Waals surface area contributed by atoms with Gasteiger partial charge in [0, 0.05) is 28.6 Å². The Morgan fingerprint density at radius 1 is 1.12 bits per heavy atom. The molecule has 128 valence electrons. The first-order valence-electron chi connectivity index (χ1n) is 7.41. The van der Waals surface area contributed by atoms with Gasteiger partial charge in [0.15, 0.2) is 0 Å². The molecule has 0 radical (unpaired) electrons. The van der Waals surface area contributed by atoms with E-state index in [1.807, 2.05) is 6.07 Å². The van der Waals surface area contributed by atoms with Crippen LogP contribution in [0, 0.1) is 0 Å². The first-order chi connectivity index (χ1) is 12.0. The number of halogens is 2. The molecule has 1 amide bonds. The third-order valence-electron chi connectivity index (χ3n) is 3.75. The monoisotopic (exact) mass is 376 g/mol. The van der Waals surface area contributed by atoms with Crippen molar-refractivity contribution in [3.05, 3.63) is 74.0 Å². The summed E-state index contributed by atoms with van der Waals surface area (Å²) in [5.41, 5.74) is 1.25. The molecule has 2 N–H and O–H groups in total. The van der Waals surface area contributed by atoms with Crippen molar-refractivity contribution in [1.82, 2.24) is 10.3 Å². The standard InChI is InChI=1S/C18H14Cl2N2O3/c1-25-13-3-5-16-11(7-13)6-12(18(24)22-16)9-21-17(23)10-2-4-14(19)15(20)8-10/h2-8H,9H2,1H3,(H,21,23)(H,22,24). The number of aromatic nitrogens is 1. The van der Waals surface area contributed by atoms with Gasteiger partial charge in [-0.3, -0.25) is 9.59 Å². The molecule has 0 fully saturated rings. The first kappa shape index (κ1) is 17.3. The number of pyridine rings is 1. The molecule has 0 saturated heterocycles. The molecule has 1 aromatic heterocycles. The number of amides is 1. The van der Waals surface area contributed by atoms with Crippen molar-refractivity contribution in [2.24, 2.45) is 0 Å². The van der Waals surface area contributed by atoms with E-state index in [0.717, 1.165) is 5.39 Å². The second-order valence-corrected chi connectivity index (χ2v) is 6.20. The van der Waals surface area contributed by atoms with Crippen molar-refractivity contribution in [3.63, 3.8) is 0 Å². The third kappa shape index (κ3) is 3.78. The number of carbonyl (C=O) groups excluding carboxylic acids is 1. The second-order valence-electron chi connectivity index (χ2n) is 5.39. The Bertz CT molecular complexity index is 1010. The van der Waals surface area contributed by atoms with Gasteiger partial charge in [-0.05, 0) is 42.5 Å². The number of carbonyl (C=O) groups is 1. The summed E-state index contributed by atoms with van der Waals surface area (Å²) in [6.07, 6.45) is 0. The van der Waals surface area contributed by atoms with Crippen LogP contribution >= 0.6 is 23.2 Å². The van der Waals surface area contributed by atoms with Crippen LogP contribution in [-0.4, -0.2) is 18.0 Å². The lowest BCUT2D eigenvalue weighted by Gasteiger charge is -2.08. The van der Waals surface area contributed by atoms with Crippen LogP contribution in [0.25, 0.3) is 10.9 Å². The molecule has 0 atom stereocenters. The van der Waals surface area contributed by atoms with Crippen LogP contribution in [0.2, 0.25) is 10.0 Å². The minimum absolute atomic E-state index is 0.0849. The maximum atomic E-state index is 12.2. The van der Waals surface area contributed by atoms with Crippen LogP contribution in [0.1, 0.15) is 15.9 Å². The highest BCUT2D eigenvalue weighted by atomic mass is 35.5. The van der Waals surface area contributed by atoms with Crippen LogP contribution < -0.4 is 15.6 Å². The Balaban J connectivity index is 1.82. The lowest BCUT2D eigenvalue weighted by molar-refractivity contribution is 0.0951. The predicted octanol–water partition coefficient (Wildman–Crippen LogP) is 3.77. The number of H-pyrrole nitrogens is 1. The Morgan fingerprint density at radius 2 is 1.92 bits per heavy atom. The smallest absolute Gasteiger partial charge is 0.253 e. The zero-order chi connectivity index (χ0) is 18.0. The minimum Gasteiger partial charge on any atom is -0.497 e. The number of hydrogen-bond donors (Lipinski definition) is 2. The van der Waals surface area contributed by atoms with Gasteiger partial charge in [0.1, 0.15) is 5.75 Å². The SMILES string of the molecule is COc1ccc2[nH]c(=O)c(CNC(=O)c3ccc(Cl)c(Cl)c3)cc2c1. The third-order valence-corrected chi connectivity index (χ3v) is 4.49. The Hall–Kier alpha value is -2.50. The predicted molar refractivity (Wildman–Crippen MR) is 98.8 cm³/mol. The molecule has 5 nitrogen and oxygen atoms in total. The van der Waals surface area contributed by atoms with Crippen LogP contribution in [-0.2, 0) is 6.54 Å². The molecule has 1 heterocycles. The van der Waals surface area contributed by atoms with Crippen molar-refractivity contribution in [2.75, 3.05) is 7.11 Å². The maximum Gasteiger partial charge on any atom is 0.253 e. The summed E-state index contributed by atoms with van der Waals surface area (Å²) in [5, 5.41) is 4.19. The molecule has 0 aliphatic heterocycles. The van der Waals surface area contributed by atoms with Gasteiger partial charge in [0.2, 0.25) is 0 Å². The zero-order valence-corrected chi connectivity index (χ0v) is 14.7. The average Bonchev–Trinajstić information content (AvgIpc) is 2.61. The van der Waals surface area contributed by atoms with E-state index in [1.54, 1.807) is 37.4 Å². The number of rotatable bonds is 4.